The highest BCUT2D eigenvalue weighted by molar-refractivity contribution is 7.13. The van der Waals surface area contributed by atoms with Crippen LogP contribution in [-0.2, 0) is 11.3 Å². The van der Waals surface area contributed by atoms with Gasteiger partial charge in [-0.1, -0.05) is 55.4 Å². The number of nitrogens with zero attached hydrogens (tertiary/aromatic N) is 2. The molecule has 1 aromatic carbocycles. The van der Waals surface area contributed by atoms with E-state index in [0.29, 0.717) is 11.1 Å². The molecule has 18 heavy (non-hydrogen) atoms. The fraction of sp³-hybridized carbons (Fsp3) is 0.385. The first kappa shape index (κ1) is 13.3. The fourth-order valence-electron chi connectivity index (χ4n) is 1.60. The minimum absolute atomic E-state index is 0.0244. The molecule has 1 aromatic heterocycles. The van der Waals surface area contributed by atoms with Crippen molar-refractivity contribution in [1.82, 2.24) is 10.2 Å². The van der Waals surface area contributed by atoms with E-state index in [0.717, 1.165) is 16.3 Å². The highest BCUT2D eigenvalue weighted by atomic mass is 35.5. The van der Waals surface area contributed by atoms with Gasteiger partial charge in [-0.25, -0.2) is 0 Å². The molecule has 0 saturated carbocycles. The lowest BCUT2D eigenvalue weighted by molar-refractivity contribution is 0.448. The van der Waals surface area contributed by atoms with Crippen LogP contribution in [-0.4, -0.2) is 10.2 Å². The van der Waals surface area contributed by atoms with Gasteiger partial charge in [-0.2, -0.15) is 0 Å². The quantitative estimate of drug-likeness (QED) is 0.784. The Labute approximate surface area is 116 Å². The summed E-state index contributed by atoms with van der Waals surface area (Å²) in [7, 11) is 0. The smallest absolute Gasteiger partial charge is 0.299 e. The largest absolute Gasteiger partial charge is 0.429 e. The normalized spacial score (nSPS) is 11.6. The summed E-state index contributed by atoms with van der Waals surface area (Å²) < 4.78 is 5.80. The molecule has 0 amide bonds. The van der Waals surface area contributed by atoms with Crippen LogP contribution in [0, 0.1) is 0 Å². The number of aromatic nitrogens is 2. The number of alkyl halides is 1. The van der Waals surface area contributed by atoms with Crippen LogP contribution in [0.25, 0.3) is 0 Å². The second-order valence-electron chi connectivity index (χ2n) is 4.94. The highest BCUT2D eigenvalue weighted by Crippen LogP contribution is 2.34. The number of para-hydroxylation sites is 1. The third-order valence-corrected chi connectivity index (χ3v) is 3.67. The van der Waals surface area contributed by atoms with Gasteiger partial charge >= 0.3 is 0 Å². The zero-order valence-electron chi connectivity index (χ0n) is 10.6. The molecule has 5 heteroatoms. The average molecular weight is 283 g/mol. The number of hydrogen-bond donors (Lipinski definition) is 0. The molecular formula is C13H15ClN2OS. The summed E-state index contributed by atoms with van der Waals surface area (Å²) in [6.45, 7) is 6.46. The summed E-state index contributed by atoms with van der Waals surface area (Å²) >= 11 is 7.07. The van der Waals surface area contributed by atoms with Crippen molar-refractivity contribution < 1.29 is 4.74 Å². The van der Waals surface area contributed by atoms with E-state index in [1.54, 1.807) is 0 Å². The summed E-state index contributed by atoms with van der Waals surface area (Å²) in [4.78, 5) is 0. The Kier molecular flexibility index (Phi) is 3.88. The summed E-state index contributed by atoms with van der Waals surface area (Å²) in [6.07, 6.45) is 0. The SMILES string of the molecule is CC(C)(C)c1ccccc1Oc1nnc(CCl)s1. The molecular weight excluding hydrogens is 268 g/mol. The van der Waals surface area contributed by atoms with Crippen molar-refractivity contribution in [2.75, 3.05) is 0 Å². The molecule has 1 heterocycles. The zero-order valence-corrected chi connectivity index (χ0v) is 12.2. The standard InChI is InChI=1S/C13H15ClN2OS/c1-13(2,3)9-6-4-5-7-10(9)17-12-16-15-11(8-14)18-12/h4-7H,8H2,1-3H3. The Bertz CT molecular complexity index is 534. The third kappa shape index (κ3) is 3.00. The molecule has 3 nitrogen and oxygen atoms in total. The molecule has 0 saturated heterocycles. The summed E-state index contributed by atoms with van der Waals surface area (Å²) in [5, 5.41) is 9.20. The molecule has 0 bridgehead atoms. The fourth-order valence-corrected chi connectivity index (χ4v) is 2.37. The zero-order chi connectivity index (χ0) is 13.2. The van der Waals surface area contributed by atoms with Crippen LogP contribution in [0.4, 0.5) is 0 Å². The molecule has 0 aliphatic carbocycles. The van der Waals surface area contributed by atoms with E-state index in [-0.39, 0.29) is 5.41 Å². The molecule has 0 atom stereocenters. The van der Waals surface area contributed by atoms with Crippen molar-refractivity contribution in [2.45, 2.75) is 32.1 Å². The van der Waals surface area contributed by atoms with Gasteiger partial charge < -0.3 is 4.74 Å². The van der Waals surface area contributed by atoms with Crippen LogP contribution >= 0.6 is 22.9 Å². The number of benzene rings is 1. The van der Waals surface area contributed by atoms with Crippen LogP contribution in [0.3, 0.4) is 0 Å². The minimum atomic E-state index is 0.0244. The lowest BCUT2D eigenvalue weighted by atomic mass is 9.86. The predicted octanol–water partition coefficient (Wildman–Crippen LogP) is 4.37. The molecule has 2 rings (SSSR count). The number of halogens is 1. The van der Waals surface area contributed by atoms with Gasteiger partial charge in [-0.05, 0) is 11.5 Å². The number of hydrogen-bond acceptors (Lipinski definition) is 4. The van der Waals surface area contributed by atoms with Crippen LogP contribution < -0.4 is 4.74 Å². The van der Waals surface area contributed by atoms with Crippen molar-refractivity contribution in [3.05, 3.63) is 34.8 Å². The number of rotatable bonds is 3. The van der Waals surface area contributed by atoms with Crippen LogP contribution in [0.1, 0.15) is 31.3 Å². The summed E-state index contributed by atoms with van der Waals surface area (Å²) in [5.74, 6) is 1.18. The molecule has 0 radical (unpaired) electrons. The molecule has 0 aliphatic heterocycles. The van der Waals surface area contributed by atoms with Crippen molar-refractivity contribution >= 4 is 22.9 Å². The van der Waals surface area contributed by atoms with Crippen molar-refractivity contribution in [1.29, 1.82) is 0 Å². The van der Waals surface area contributed by atoms with Gasteiger partial charge in [0.2, 0.25) is 0 Å². The topological polar surface area (TPSA) is 35.0 Å². The summed E-state index contributed by atoms with van der Waals surface area (Å²) in [5.41, 5.74) is 1.17. The van der Waals surface area contributed by atoms with Crippen molar-refractivity contribution in [3.8, 4) is 10.9 Å². The van der Waals surface area contributed by atoms with Gasteiger partial charge in [0.05, 0.1) is 5.88 Å². The maximum atomic E-state index is 5.80. The van der Waals surface area contributed by atoms with Gasteiger partial charge in [0.25, 0.3) is 5.19 Å². The molecule has 0 unspecified atom stereocenters. The van der Waals surface area contributed by atoms with E-state index in [9.17, 15) is 0 Å². The lowest BCUT2D eigenvalue weighted by Gasteiger charge is -2.21. The Morgan fingerprint density at radius 3 is 2.56 bits per heavy atom. The number of ether oxygens (including phenoxy) is 1. The maximum Gasteiger partial charge on any atom is 0.299 e. The van der Waals surface area contributed by atoms with E-state index < -0.39 is 0 Å². The Morgan fingerprint density at radius 2 is 1.94 bits per heavy atom. The lowest BCUT2D eigenvalue weighted by Crippen LogP contribution is -2.12. The molecule has 0 N–H and O–H groups in total. The van der Waals surface area contributed by atoms with Crippen molar-refractivity contribution in [2.24, 2.45) is 0 Å². The monoisotopic (exact) mass is 282 g/mol. The van der Waals surface area contributed by atoms with Gasteiger partial charge in [0, 0.05) is 5.56 Å². The maximum absolute atomic E-state index is 5.80. The van der Waals surface area contributed by atoms with E-state index >= 15 is 0 Å². The first-order valence-corrected chi connectivity index (χ1v) is 7.01. The Morgan fingerprint density at radius 1 is 1.22 bits per heavy atom. The first-order valence-electron chi connectivity index (χ1n) is 5.66. The van der Waals surface area contributed by atoms with E-state index in [1.165, 1.54) is 11.3 Å². The highest BCUT2D eigenvalue weighted by Gasteiger charge is 2.19. The van der Waals surface area contributed by atoms with Crippen LogP contribution in [0.5, 0.6) is 10.9 Å². The molecule has 2 aromatic rings. The van der Waals surface area contributed by atoms with Gasteiger partial charge in [0.1, 0.15) is 10.8 Å². The Balaban J connectivity index is 2.29. The van der Waals surface area contributed by atoms with E-state index in [4.69, 9.17) is 16.3 Å². The Hall–Kier alpha value is -1.13. The van der Waals surface area contributed by atoms with Gasteiger partial charge in [-0.15, -0.1) is 16.7 Å². The van der Waals surface area contributed by atoms with Crippen LogP contribution in [0.15, 0.2) is 24.3 Å². The third-order valence-electron chi connectivity index (χ3n) is 2.45. The molecule has 0 spiro atoms. The van der Waals surface area contributed by atoms with Crippen LogP contribution in [0.2, 0.25) is 0 Å². The van der Waals surface area contributed by atoms with Gasteiger partial charge in [-0.3, -0.25) is 0 Å². The van der Waals surface area contributed by atoms with Crippen molar-refractivity contribution in [3.63, 3.8) is 0 Å². The molecule has 0 fully saturated rings. The first-order chi connectivity index (χ1) is 8.50. The molecule has 96 valence electrons. The average Bonchev–Trinajstić information content (AvgIpc) is 2.76. The van der Waals surface area contributed by atoms with E-state index in [1.807, 2.05) is 18.2 Å². The summed E-state index contributed by atoms with van der Waals surface area (Å²) in [6, 6.07) is 7.98. The second kappa shape index (κ2) is 5.24. The van der Waals surface area contributed by atoms with Gasteiger partial charge in [0.15, 0.2) is 0 Å². The second-order valence-corrected chi connectivity index (χ2v) is 6.24. The van der Waals surface area contributed by atoms with E-state index in [2.05, 4.69) is 37.0 Å². The predicted molar refractivity (Wildman–Crippen MR) is 74.7 cm³/mol. The minimum Gasteiger partial charge on any atom is -0.429 e. The molecule has 0 aliphatic rings.